The molecule has 0 saturated carbocycles. The minimum absolute atomic E-state index is 0.183. The van der Waals surface area contributed by atoms with Gasteiger partial charge in [0.15, 0.2) is 0 Å². The molecule has 0 aliphatic carbocycles. The Kier molecular flexibility index (Phi) is 4.90. The first kappa shape index (κ1) is 16.5. The number of aromatic amines is 1. The molecular formula is C14H18F3N3O2. The SMILES string of the molecule is CN1CCCCC1CNC(=O)c1c[nH]c(=O)c(C(F)(F)F)c1. The third-order valence-corrected chi connectivity index (χ3v) is 3.89. The number of aromatic nitrogens is 1. The van der Waals surface area contributed by atoms with Gasteiger partial charge in [0.2, 0.25) is 0 Å². The standard InChI is InChI=1S/C14H18F3N3O2/c1-20-5-3-2-4-10(20)8-19-12(21)9-6-11(14(15,16)17)13(22)18-7-9/h6-7,10H,2-5,8H2,1H3,(H,18,22)(H,19,21). The van der Waals surface area contributed by atoms with Crippen LogP contribution in [-0.4, -0.2) is 42.0 Å². The third kappa shape index (κ3) is 3.88. The predicted octanol–water partition coefficient (Wildman–Crippen LogP) is 1.61. The second kappa shape index (κ2) is 6.51. The van der Waals surface area contributed by atoms with E-state index in [0.717, 1.165) is 32.0 Å². The van der Waals surface area contributed by atoms with Crippen LogP contribution >= 0.6 is 0 Å². The highest BCUT2D eigenvalue weighted by Crippen LogP contribution is 2.26. The maximum Gasteiger partial charge on any atom is 0.421 e. The van der Waals surface area contributed by atoms with Gasteiger partial charge < -0.3 is 15.2 Å². The quantitative estimate of drug-likeness (QED) is 0.890. The lowest BCUT2D eigenvalue weighted by Gasteiger charge is -2.32. The average molecular weight is 317 g/mol. The van der Waals surface area contributed by atoms with Gasteiger partial charge in [-0.05, 0) is 32.5 Å². The lowest BCUT2D eigenvalue weighted by molar-refractivity contribution is -0.138. The molecule has 1 aromatic rings. The van der Waals surface area contributed by atoms with Crippen molar-refractivity contribution in [3.63, 3.8) is 0 Å². The van der Waals surface area contributed by atoms with E-state index < -0.39 is 23.2 Å². The number of carbonyl (C=O) groups is 1. The molecule has 2 N–H and O–H groups in total. The van der Waals surface area contributed by atoms with Crippen LogP contribution in [0.25, 0.3) is 0 Å². The van der Waals surface area contributed by atoms with Gasteiger partial charge in [-0.2, -0.15) is 13.2 Å². The molecule has 8 heteroatoms. The van der Waals surface area contributed by atoms with Crippen LogP contribution in [0.5, 0.6) is 0 Å². The molecule has 0 spiro atoms. The normalized spacial score (nSPS) is 19.9. The minimum atomic E-state index is -4.78. The van der Waals surface area contributed by atoms with Crippen molar-refractivity contribution >= 4 is 5.91 Å². The average Bonchev–Trinajstić information content (AvgIpc) is 2.45. The Hall–Kier alpha value is -1.83. The first-order chi connectivity index (χ1) is 10.3. The summed E-state index contributed by atoms with van der Waals surface area (Å²) in [5.74, 6) is -0.624. The number of nitrogens with zero attached hydrogens (tertiary/aromatic N) is 1. The van der Waals surface area contributed by atoms with E-state index in [-0.39, 0.29) is 11.6 Å². The Bertz CT molecular complexity index is 598. The molecule has 1 aliphatic rings. The number of hydrogen-bond acceptors (Lipinski definition) is 3. The fourth-order valence-electron chi connectivity index (χ4n) is 2.54. The second-order valence-electron chi connectivity index (χ2n) is 5.47. The van der Waals surface area contributed by atoms with E-state index in [4.69, 9.17) is 0 Å². The van der Waals surface area contributed by atoms with Gasteiger partial charge in [-0.25, -0.2) is 0 Å². The zero-order chi connectivity index (χ0) is 16.3. The summed E-state index contributed by atoms with van der Waals surface area (Å²) in [5, 5.41) is 2.63. The van der Waals surface area contributed by atoms with E-state index in [1.807, 2.05) is 12.0 Å². The summed E-state index contributed by atoms with van der Waals surface area (Å²) in [6.07, 6.45) is -0.668. The highest BCUT2D eigenvalue weighted by molar-refractivity contribution is 5.94. The molecular weight excluding hydrogens is 299 g/mol. The van der Waals surface area contributed by atoms with Crippen LogP contribution in [0.15, 0.2) is 17.1 Å². The predicted molar refractivity (Wildman–Crippen MR) is 74.7 cm³/mol. The van der Waals surface area contributed by atoms with Crippen LogP contribution in [0.2, 0.25) is 0 Å². The maximum absolute atomic E-state index is 12.7. The van der Waals surface area contributed by atoms with Gasteiger partial charge in [0.25, 0.3) is 11.5 Å². The molecule has 1 amide bonds. The van der Waals surface area contributed by atoms with Crippen LogP contribution in [-0.2, 0) is 6.18 Å². The molecule has 1 fully saturated rings. The number of halogens is 3. The number of likely N-dealkylation sites (tertiary alicyclic amines) is 1. The Morgan fingerprint density at radius 1 is 1.45 bits per heavy atom. The number of carbonyl (C=O) groups excluding carboxylic acids is 1. The van der Waals surface area contributed by atoms with Gasteiger partial charge >= 0.3 is 6.18 Å². The summed E-state index contributed by atoms with van der Waals surface area (Å²) >= 11 is 0. The van der Waals surface area contributed by atoms with Crippen molar-refractivity contribution in [2.24, 2.45) is 0 Å². The summed E-state index contributed by atoms with van der Waals surface area (Å²) in [7, 11) is 1.96. The number of piperidine rings is 1. The second-order valence-corrected chi connectivity index (χ2v) is 5.47. The number of nitrogens with one attached hydrogen (secondary N) is 2. The number of likely N-dealkylation sites (N-methyl/N-ethyl adjacent to an activating group) is 1. The van der Waals surface area contributed by atoms with E-state index >= 15 is 0 Å². The van der Waals surface area contributed by atoms with Crippen LogP contribution in [0.4, 0.5) is 13.2 Å². The summed E-state index contributed by atoms with van der Waals surface area (Å²) in [6, 6.07) is 0.765. The van der Waals surface area contributed by atoms with E-state index in [9.17, 15) is 22.8 Å². The number of pyridine rings is 1. The Morgan fingerprint density at radius 3 is 2.82 bits per heavy atom. The smallest absolute Gasteiger partial charge is 0.350 e. The van der Waals surface area contributed by atoms with Crippen LogP contribution in [0.1, 0.15) is 35.2 Å². The summed E-state index contributed by atoms with van der Waals surface area (Å²) < 4.78 is 38.0. The summed E-state index contributed by atoms with van der Waals surface area (Å²) in [5.41, 5.74) is -2.82. The van der Waals surface area contributed by atoms with Crippen molar-refractivity contribution in [2.75, 3.05) is 20.1 Å². The zero-order valence-corrected chi connectivity index (χ0v) is 12.2. The van der Waals surface area contributed by atoms with Crippen molar-refractivity contribution in [1.29, 1.82) is 0 Å². The van der Waals surface area contributed by atoms with E-state index in [2.05, 4.69) is 10.2 Å². The topological polar surface area (TPSA) is 65.2 Å². The van der Waals surface area contributed by atoms with Crippen LogP contribution in [0.3, 0.4) is 0 Å². The highest BCUT2D eigenvalue weighted by Gasteiger charge is 2.34. The summed E-state index contributed by atoms with van der Waals surface area (Å²) in [6.45, 7) is 1.31. The van der Waals surface area contributed by atoms with Gasteiger partial charge in [-0.15, -0.1) is 0 Å². The first-order valence-corrected chi connectivity index (χ1v) is 7.07. The van der Waals surface area contributed by atoms with Crippen LogP contribution in [0, 0.1) is 0 Å². The molecule has 2 rings (SSSR count). The van der Waals surface area contributed by atoms with E-state index in [1.165, 1.54) is 0 Å². The largest absolute Gasteiger partial charge is 0.421 e. The number of amides is 1. The number of alkyl halides is 3. The van der Waals surface area contributed by atoms with E-state index in [1.54, 1.807) is 0 Å². The molecule has 1 unspecified atom stereocenters. The van der Waals surface area contributed by atoms with Gasteiger partial charge in [-0.3, -0.25) is 9.59 Å². The highest BCUT2D eigenvalue weighted by atomic mass is 19.4. The molecule has 0 radical (unpaired) electrons. The lowest BCUT2D eigenvalue weighted by Crippen LogP contribution is -2.44. The fourth-order valence-corrected chi connectivity index (χ4v) is 2.54. The molecule has 0 bridgehead atoms. The Labute approximate surface area is 125 Å². The third-order valence-electron chi connectivity index (χ3n) is 3.89. The van der Waals surface area contributed by atoms with Gasteiger partial charge in [-0.1, -0.05) is 6.42 Å². The van der Waals surface area contributed by atoms with Crippen LogP contribution < -0.4 is 10.9 Å². The van der Waals surface area contributed by atoms with Crippen molar-refractivity contribution in [2.45, 2.75) is 31.5 Å². The molecule has 0 aromatic carbocycles. The summed E-state index contributed by atoms with van der Waals surface area (Å²) in [4.78, 5) is 27.2. The number of rotatable bonds is 3. The fraction of sp³-hybridized carbons (Fsp3) is 0.571. The molecule has 1 saturated heterocycles. The molecule has 2 heterocycles. The number of hydrogen-bond donors (Lipinski definition) is 2. The molecule has 22 heavy (non-hydrogen) atoms. The Morgan fingerprint density at radius 2 is 2.18 bits per heavy atom. The first-order valence-electron chi connectivity index (χ1n) is 7.07. The monoisotopic (exact) mass is 317 g/mol. The molecule has 1 aromatic heterocycles. The Balaban J connectivity index is 2.05. The van der Waals surface area contributed by atoms with E-state index in [0.29, 0.717) is 12.6 Å². The number of H-pyrrole nitrogens is 1. The molecule has 1 atom stereocenters. The lowest BCUT2D eigenvalue weighted by atomic mass is 10.0. The van der Waals surface area contributed by atoms with Crippen molar-refractivity contribution < 1.29 is 18.0 Å². The minimum Gasteiger partial charge on any atom is -0.350 e. The van der Waals surface area contributed by atoms with Gasteiger partial charge in [0, 0.05) is 18.8 Å². The van der Waals surface area contributed by atoms with Crippen molar-refractivity contribution in [3.05, 3.63) is 33.7 Å². The molecule has 5 nitrogen and oxygen atoms in total. The van der Waals surface area contributed by atoms with Gasteiger partial charge in [0.05, 0.1) is 5.56 Å². The van der Waals surface area contributed by atoms with Gasteiger partial charge in [0.1, 0.15) is 5.56 Å². The van der Waals surface area contributed by atoms with Crippen molar-refractivity contribution in [3.8, 4) is 0 Å². The zero-order valence-electron chi connectivity index (χ0n) is 12.2. The molecule has 1 aliphatic heterocycles. The maximum atomic E-state index is 12.7. The van der Waals surface area contributed by atoms with Crippen molar-refractivity contribution in [1.82, 2.24) is 15.2 Å². The molecule has 122 valence electrons.